The summed E-state index contributed by atoms with van der Waals surface area (Å²) in [4.78, 5) is 25.5. The molecule has 1 heterocycles. The first-order valence-electron chi connectivity index (χ1n) is 8.05. The average Bonchev–Trinajstić information content (AvgIpc) is 2.53. The predicted octanol–water partition coefficient (Wildman–Crippen LogP) is 2.44. The average molecular weight is 357 g/mol. The lowest BCUT2D eigenvalue weighted by Crippen LogP contribution is -2.56. The standard InChI is InChI=1S/C17H18F3NO4/c18-17(19,20)12-4-1-3-11(9-12)16(5-2-6-16)15(24)21-7-8-25-13(10-21)14(22)23/h1,3-4,9,13H,2,5-8,10H2,(H,22,23)/t13-/m0/s1. The molecule has 2 fully saturated rings. The molecule has 0 spiro atoms. The van der Waals surface area contributed by atoms with E-state index in [1.807, 2.05) is 0 Å². The molecule has 2 aliphatic rings. The Morgan fingerprint density at radius 2 is 2.00 bits per heavy atom. The van der Waals surface area contributed by atoms with Crippen LogP contribution >= 0.6 is 0 Å². The Labute approximate surface area is 142 Å². The van der Waals surface area contributed by atoms with Gasteiger partial charge in [0.15, 0.2) is 6.10 Å². The van der Waals surface area contributed by atoms with Gasteiger partial charge in [-0.2, -0.15) is 13.2 Å². The number of carboxylic acid groups (broad SMARTS) is 1. The number of alkyl halides is 3. The van der Waals surface area contributed by atoms with Crippen LogP contribution < -0.4 is 0 Å². The number of carbonyl (C=O) groups excluding carboxylic acids is 1. The normalized spacial score (nSPS) is 23.0. The number of hydrogen-bond donors (Lipinski definition) is 1. The summed E-state index contributed by atoms with van der Waals surface area (Å²) >= 11 is 0. The second-order valence-electron chi connectivity index (χ2n) is 6.46. The molecule has 25 heavy (non-hydrogen) atoms. The highest BCUT2D eigenvalue weighted by Gasteiger charge is 2.49. The minimum absolute atomic E-state index is 0.0884. The van der Waals surface area contributed by atoms with E-state index in [0.29, 0.717) is 18.4 Å². The van der Waals surface area contributed by atoms with Crippen LogP contribution in [0.2, 0.25) is 0 Å². The fourth-order valence-electron chi connectivity index (χ4n) is 3.44. The molecule has 1 atom stereocenters. The summed E-state index contributed by atoms with van der Waals surface area (Å²) in [5.41, 5.74) is -1.44. The number of rotatable bonds is 3. The SMILES string of the molecule is O=C(O)[C@@H]1CN(C(=O)C2(c3cccc(C(F)(F)F)c3)CCC2)CCO1. The molecule has 5 nitrogen and oxygen atoms in total. The minimum Gasteiger partial charge on any atom is -0.479 e. The second-order valence-corrected chi connectivity index (χ2v) is 6.46. The third-order valence-electron chi connectivity index (χ3n) is 4.99. The van der Waals surface area contributed by atoms with Crippen LogP contribution in [0.3, 0.4) is 0 Å². The van der Waals surface area contributed by atoms with Gasteiger partial charge in [0.2, 0.25) is 5.91 Å². The van der Waals surface area contributed by atoms with Gasteiger partial charge in [0.1, 0.15) is 0 Å². The van der Waals surface area contributed by atoms with Gasteiger partial charge in [0, 0.05) is 6.54 Å². The van der Waals surface area contributed by atoms with Crippen molar-refractivity contribution in [3.63, 3.8) is 0 Å². The van der Waals surface area contributed by atoms with Gasteiger partial charge in [-0.3, -0.25) is 4.79 Å². The zero-order valence-corrected chi connectivity index (χ0v) is 13.4. The molecule has 1 aromatic carbocycles. The highest BCUT2D eigenvalue weighted by molar-refractivity contribution is 5.90. The lowest BCUT2D eigenvalue weighted by atomic mass is 9.63. The Balaban J connectivity index is 1.88. The summed E-state index contributed by atoms with van der Waals surface area (Å²) < 4.78 is 44.1. The molecule has 0 radical (unpaired) electrons. The zero-order valence-electron chi connectivity index (χ0n) is 13.4. The molecule has 3 rings (SSSR count). The molecule has 0 bridgehead atoms. The van der Waals surface area contributed by atoms with Crippen LogP contribution in [0.1, 0.15) is 30.4 Å². The van der Waals surface area contributed by atoms with E-state index in [0.717, 1.165) is 18.6 Å². The maximum Gasteiger partial charge on any atom is 0.416 e. The zero-order chi connectivity index (χ0) is 18.2. The van der Waals surface area contributed by atoms with E-state index in [1.54, 1.807) is 6.07 Å². The van der Waals surface area contributed by atoms with E-state index in [2.05, 4.69) is 0 Å². The van der Waals surface area contributed by atoms with E-state index in [1.165, 1.54) is 11.0 Å². The van der Waals surface area contributed by atoms with Crippen molar-refractivity contribution < 1.29 is 32.6 Å². The van der Waals surface area contributed by atoms with E-state index >= 15 is 0 Å². The summed E-state index contributed by atoms with van der Waals surface area (Å²) in [5, 5.41) is 9.07. The van der Waals surface area contributed by atoms with Crippen molar-refractivity contribution in [3.8, 4) is 0 Å². The number of aliphatic carboxylic acids is 1. The molecule has 1 N–H and O–H groups in total. The molecule has 1 aliphatic carbocycles. The monoisotopic (exact) mass is 357 g/mol. The van der Waals surface area contributed by atoms with Crippen LogP contribution in [-0.4, -0.2) is 47.7 Å². The first-order valence-corrected chi connectivity index (χ1v) is 8.05. The molecule has 1 amide bonds. The summed E-state index contributed by atoms with van der Waals surface area (Å²) in [7, 11) is 0. The Hall–Kier alpha value is -2.09. The van der Waals surface area contributed by atoms with E-state index in [9.17, 15) is 22.8 Å². The molecular formula is C17H18F3NO4. The smallest absolute Gasteiger partial charge is 0.416 e. The number of nitrogens with zero attached hydrogens (tertiary/aromatic N) is 1. The molecule has 0 aromatic heterocycles. The minimum atomic E-state index is -4.47. The lowest BCUT2D eigenvalue weighted by Gasteiger charge is -2.45. The van der Waals surface area contributed by atoms with Gasteiger partial charge in [0.05, 0.1) is 24.1 Å². The van der Waals surface area contributed by atoms with E-state index in [-0.39, 0.29) is 25.6 Å². The summed E-state index contributed by atoms with van der Waals surface area (Å²) in [5.74, 6) is -1.47. The van der Waals surface area contributed by atoms with Gasteiger partial charge in [-0.15, -0.1) is 0 Å². The van der Waals surface area contributed by atoms with Gasteiger partial charge >= 0.3 is 12.1 Å². The summed E-state index contributed by atoms with van der Waals surface area (Å²) in [6.45, 7) is 0.250. The number of halogens is 3. The van der Waals surface area contributed by atoms with Gasteiger partial charge in [-0.1, -0.05) is 24.6 Å². The van der Waals surface area contributed by atoms with Crippen LogP contribution in [0, 0.1) is 0 Å². The van der Waals surface area contributed by atoms with Gasteiger partial charge < -0.3 is 14.7 Å². The van der Waals surface area contributed by atoms with Crippen LogP contribution in [-0.2, 0) is 25.9 Å². The van der Waals surface area contributed by atoms with Crippen molar-refractivity contribution in [2.45, 2.75) is 37.0 Å². The number of benzene rings is 1. The van der Waals surface area contributed by atoms with Gasteiger partial charge in [-0.05, 0) is 24.5 Å². The number of ether oxygens (including phenoxy) is 1. The van der Waals surface area contributed by atoms with E-state index < -0.39 is 29.2 Å². The second kappa shape index (κ2) is 6.33. The number of hydrogen-bond acceptors (Lipinski definition) is 3. The molecule has 1 aromatic rings. The Morgan fingerprint density at radius 1 is 1.28 bits per heavy atom. The lowest BCUT2D eigenvalue weighted by molar-refractivity contribution is -0.162. The molecule has 1 saturated carbocycles. The third kappa shape index (κ3) is 3.22. The van der Waals surface area contributed by atoms with Crippen molar-refractivity contribution in [2.24, 2.45) is 0 Å². The van der Waals surface area contributed by atoms with Crippen molar-refractivity contribution in [2.75, 3.05) is 19.7 Å². The third-order valence-corrected chi connectivity index (χ3v) is 4.99. The van der Waals surface area contributed by atoms with Crippen LogP contribution in [0.4, 0.5) is 13.2 Å². The number of amides is 1. The fraction of sp³-hybridized carbons (Fsp3) is 0.529. The topological polar surface area (TPSA) is 66.8 Å². The summed E-state index contributed by atoms with van der Waals surface area (Å²) in [6, 6.07) is 4.87. The Kier molecular flexibility index (Phi) is 4.49. The molecule has 0 unspecified atom stereocenters. The van der Waals surface area contributed by atoms with Crippen LogP contribution in [0.5, 0.6) is 0 Å². The number of morpholine rings is 1. The fourth-order valence-corrected chi connectivity index (χ4v) is 3.44. The van der Waals surface area contributed by atoms with Gasteiger partial charge in [-0.25, -0.2) is 4.79 Å². The first-order chi connectivity index (χ1) is 11.7. The Morgan fingerprint density at radius 3 is 2.56 bits per heavy atom. The molecule has 1 saturated heterocycles. The summed E-state index contributed by atoms with van der Waals surface area (Å²) in [6.07, 6.45) is -3.91. The highest BCUT2D eigenvalue weighted by atomic mass is 19.4. The number of carbonyl (C=O) groups is 2. The molecule has 136 valence electrons. The number of carboxylic acids is 1. The largest absolute Gasteiger partial charge is 0.479 e. The van der Waals surface area contributed by atoms with Crippen molar-refractivity contribution in [1.29, 1.82) is 0 Å². The van der Waals surface area contributed by atoms with Crippen molar-refractivity contribution in [1.82, 2.24) is 4.90 Å². The van der Waals surface area contributed by atoms with Crippen molar-refractivity contribution >= 4 is 11.9 Å². The van der Waals surface area contributed by atoms with Crippen LogP contribution in [0.15, 0.2) is 24.3 Å². The highest BCUT2D eigenvalue weighted by Crippen LogP contribution is 2.46. The maximum absolute atomic E-state index is 13.0. The molecular weight excluding hydrogens is 339 g/mol. The Bertz CT molecular complexity index is 685. The van der Waals surface area contributed by atoms with Gasteiger partial charge in [0.25, 0.3) is 0 Å². The predicted molar refractivity (Wildman–Crippen MR) is 80.9 cm³/mol. The molecule has 1 aliphatic heterocycles. The van der Waals surface area contributed by atoms with E-state index in [4.69, 9.17) is 9.84 Å². The quantitative estimate of drug-likeness (QED) is 0.902. The first kappa shape index (κ1) is 17.7. The maximum atomic E-state index is 13.0. The molecule has 8 heteroatoms. The van der Waals surface area contributed by atoms with Crippen LogP contribution in [0.25, 0.3) is 0 Å². The van der Waals surface area contributed by atoms with Crippen molar-refractivity contribution in [3.05, 3.63) is 35.4 Å².